The van der Waals surface area contributed by atoms with Gasteiger partial charge < -0.3 is 20.6 Å². The van der Waals surface area contributed by atoms with E-state index in [1.165, 1.54) is 12.5 Å². The zero-order valence-corrected chi connectivity index (χ0v) is 15.2. The van der Waals surface area contributed by atoms with E-state index in [1.807, 2.05) is 30.3 Å². The number of benzene rings is 1. The Bertz CT molecular complexity index is 780. The molecule has 0 radical (unpaired) electrons. The summed E-state index contributed by atoms with van der Waals surface area (Å²) in [5.41, 5.74) is 6.57. The van der Waals surface area contributed by atoms with E-state index in [-0.39, 0.29) is 11.7 Å². The second-order valence-electron chi connectivity index (χ2n) is 6.63. The SMILES string of the molecule is NC(=S)C1(n2cnc([N+](=O)[O-])c2)CCCCC1COCc1ccccc1. The van der Waals surface area contributed by atoms with Crippen molar-refractivity contribution in [1.82, 2.24) is 9.55 Å². The molecule has 138 valence electrons. The Morgan fingerprint density at radius 3 is 2.85 bits per heavy atom. The molecule has 0 aliphatic heterocycles. The van der Waals surface area contributed by atoms with Crippen molar-refractivity contribution < 1.29 is 9.66 Å². The number of nitro groups is 1. The van der Waals surface area contributed by atoms with E-state index in [4.69, 9.17) is 22.7 Å². The average Bonchev–Trinajstić information content (AvgIpc) is 3.13. The molecule has 2 unspecified atom stereocenters. The maximum Gasteiger partial charge on any atom is 0.381 e. The van der Waals surface area contributed by atoms with Crippen LogP contribution < -0.4 is 5.73 Å². The molecule has 1 aromatic heterocycles. The summed E-state index contributed by atoms with van der Waals surface area (Å²) < 4.78 is 7.68. The van der Waals surface area contributed by atoms with Crippen molar-refractivity contribution in [3.05, 3.63) is 58.5 Å². The van der Waals surface area contributed by atoms with Gasteiger partial charge in [-0.15, -0.1) is 0 Å². The lowest BCUT2D eigenvalue weighted by Crippen LogP contribution is -2.53. The summed E-state index contributed by atoms with van der Waals surface area (Å²) in [6, 6.07) is 9.95. The van der Waals surface area contributed by atoms with Crippen LogP contribution in [0.25, 0.3) is 0 Å². The number of hydrogen-bond acceptors (Lipinski definition) is 5. The molecule has 7 nitrogen and oxygen atoms in total. The summed E-state index contributed by atoms with van der Waals surface area (Å²) in [6.45, 7) is 0.993. The third kappa shape index (κ3) is 3.61. The quantitative estimate of drug-likeness (QED) is 0.454. The summed E-state index contributed by atoms with van der Waals surface area (Å²) in [7, 11) is 0. The Hall–Kier alpha value is -2.32. The van der Waals surface area contributed by atoms with Crippen molar-refractivity contribution in [1.29, 1.82) is 0 Å². The minimum absolute atomic E-state index is 0.0475. The average molecular weight is 374 g/mol. The Kier molecular flexibility index (Phi) is 5.63. The predicted octanol–water partition coefficient (Wildman–Crippen LogP) is 3.18. The summed E-state index contributed by atoms with van der Waals surface area (Å²) in [5, 5.41) is 11.0. The Morgan fingerprint density at radius 2 is 2.19 bits per heavy atom. The van der Waals surface area contributed by atoms with Crippen LogP contribution in [0.2, 0.25) is 0 Å². The molecule has 1 heterocycles. The van der Waals surface area contributed by atoms with Gasteiger partial charge in [0.05, 0.1) is 18.2 Å². The fourth-order valence-electron chi connectivity index (χ4n) is 3.76. The van der Waals surface area contributed by atoms with E-state index in [9.17, 15) is 10.1 Å². The number of hydrogen-bond donors (Lipinski definition) is 1. The van der Waals surface area contributed by atoms with Crippen LogP contribution >= 0.6 is 12.2 Å². The van der Waals surface area contributed by atoms with Gasteiger partial charge in [0.2, 0.25) is 6.33 Å². The highest BCUT2D eigenvalue weighted by Gasteiger charge is 2.46. The van der Waals surface area contributed by atoms with Crippen molar-refractivity contribution in [3.8, 4) is 0 Å². The summed E-state index contributed by atoms with van der Waals surface area (Å²) in [4.78, 5) is 14.7. The first-order chi connectivity index (χ1) is 12.5. The van der Waals surface area contributed by atoms with Gasteiger partial charge in [-0.25, -0.2) is 0 Å². The first-order valence-electron chi connectivity index (χ1n) is 8.64. The first kappa shape index (κ1) is 18.5. The van der Waals surface area contributed by atoms with Crippen LogP contribution in [0.15, 0.2) is 42.9 Å². The molecule has 1 aromatic carbocycles. The molecule has 1 aliphatic carbocycles. The summed E-state index contributed by atoms with van der Waals surface area (Å²) in [5.74, 6) is -0.151. The van der Waals surface area contributed by atoms with E-state index in [1.54, 1.807) is 4.57 Å². The van der Waals surface area contributed by atoms with Gasteiger partial charge in [0.15, 0.2) is 0 Å². The molecule has 26 heavy (non-hydrogen) atoms. The Labute approximate surface area is 157 Å². The fraction of sp³-hybridized carbons (Fsp3) is 0.444. The number of aromatic nitrogens is 2. The molecule has 2 N–H and O–H groups in total. The molecule has 0 amide bonds. The minimum atomic E-state index is -0.675. The molecule has 0 bridgehead atoms. The highest BCUT2D eigenvalue weighted by molar-refractivity contribution is 7.80. The van der Waals surface area contributed by atoms with Gasteiger partial charge in [0.25, 0.3) is 0 Å². The number of nitrogens with two attached hydrogens (primary N) is 1. The molecule has 0 spiro atoms. The number of nitrogens with zero attached hydrogens (tertiary/aromatic N) is 3. The van der Waals surface area contributed by atoms with Crippen LogP contribution in [0.1, 0.15) is 31.2 Å². The predicted molar refractivity (Wildman–Crippen MR) is 102 cm³/mol. The van der Waals surface area contributed by atoms with Crippen molar-refractivity contribution in [2.24, 2.45) is 11.7 Å². The van der Waals surface area contributed by atoms with Crippen LogP contribution in [0, 0.1) is 16.0 Å². The van der Waals surface area contributed by atoms with Crippen LogP contribution in [-0.2, 0) is 16.9 Å². The molecule has 1 saturated carbocycles. The van der Waals surface area contributed by atoms with Crippen LogP contribution in [0.5, 0.6) is 0 Å². The lowest BCUT2D eigenvalue weighted by Gasteiger charge is -2.43. The number of imidazole rings is 1. The van der Waals surface area contributed by atoms with E-state index < -0.39 is 10.5 Å². The van der Waals surface area contributed by atoms with Gasteiger partial charge in [-0.05, 0) is 28.3 Å². The van der Waals surface area contributed by atoms with Gasteiger partial charge in [-0.3, -0.25) is 4.57 Å². The largest absolute Gasteiger partial charge is 0.391 e. The molecule has 1 fully saturated rings. The Balaban J connectivity index is 1.80. The van der Waals surface area contributed by atoms with E-state index in [2.05, 4.69) is 4.98 Å². The molecule has 3 rings (SSSR count). The lowest BCUT2D eigenvalue weighted by atomic mass is 9.72. The van der Waals surface area contributed by atoms with E-state index >= 15 is 0 Å². The zero-order valence-electron chi connectivity index (χ0n) is 14.4. The highest BCUT2D eigenvalue weighted by Crippen LogP contribution is 2.41. The third-order valence-corrected chi connectivity index (χ3v) is 5.46. The Morgan fingerprint density at radius 1 is 1.42 bits per heavy atom. The van der Waals surface area contributed by atoms with Crippen molar-refractivity contribution in [3.63, 3.8) is 0 Å². The van der Waals surface area contributed by atoms with Crippen molar-refractivity contribution in [2.75, 3.05) is 6.61 Å². The maximum atomic E-state index is 11.0. The van der Waals surface area contributed by atoms with Gasteiger partial charge in [0, 0.05) is 5.92 Å². The standard InChI is InChI=1S/C18H22N4O3S/c19-17(26)18(21-10-16(20-13-21)22(23)24)9-5-4-8-15(18)12-25-11-14-6-2-1-3-7-14/h1-3,6-7,10,13,15H,4-5,8-9,11-12H2,(H2,19,26). The monoisotopic (exact) mass is 374 g/mol. The van der Waals surface area contributed by atoms with E-state index in [0.717, 1.165) is 31.2 Å². The lowest BCUT2D eigenvalue weighted by molar-refractivity contribution is -0.389. The molecular weight excluding hydrogens is 352 g/mol. The molecular formula is C18H22N4O3S. The number of rotatable bonds is 7. The van der Waals surface area contributed by atoms with E-state index in [0.29, 0.717) is 18.2 Å². The smallest absolute Gasteiger partial charge is 0.381 e. The molecule has 1 aliphatic rings. The van der Waals surface area contributed by atoms with Gasteiger partial charge in [-0.1, -0.05) is 55.4 Å². The highest BCUT2D eigenvalue weighted by atomic mass is 32.1. The number of ether oxygens (including phenoxy) is 1. The molecule has 0 saturated heterocycles. The van der Waals surface area contributed by atoms with Crippen molar-refractivity contribution >= 4 is 23.0 Å². The van der Waals surface area contributed by atoms with Crippen LogP contribution in [-0.4, -0.2) is 26.1 Å². The third-order valence-electron chi connectivity index (χ3n) is 5.11. The maximum absolute atomic E-state index is 11.0. The van der Waals surface area contributed by atoms with Gasteiger partial charge in [-0.2, -0.15) is 0 Å². The van der Waals surface area contributed by atoms with Crippen LogP contribution in [0.4, 0.5) is 5.82 Å². The normalized spacial score (nSPS) is 22.8. The first-order valence-corrected chi connectivity index (χ1v) is 9.05. The second kappa shape index (κ2) is 7.92. The fourth-order valence-corrected chi connectivity index (χ4v) is 4.13. The molecule has 8 heteroatoms. The second-order valence-corrected chi connectivity index (χ2v) is 7.07. The topological polar surface area (TPSA) is 96.2 Å². The van der Waals surface area contributed by atoms with Gasteiger partial charge >= 0.3 is 5.82 Å². The van der Waals surface area contributed by atoms with Crippen LogP contribution in [0.3, 0.4) is 0 Å². The summed E-state index contributed by atoms with van der Waals surface area (Å²) in [6.07, 6.45) is 6.54. The minimum Gasteiger partial charge on any atom is -0.391 e. The zero-order chi connectivity index (χ0) is 18.6. The summed E-state index contributed by atoms with van der Waals surface area (Å²) >= 11 is 5.41. The van der Waals surface area contributed by atoms with Gasteiger partial charge in [0.1, 0.15) is 11.7 Å². The molecule has 2 atom stereocenters. The van der Waals surface area contributed by atoms with Crippen molar-refractivity contribution in [2.45, 2.75) is 37.8 Å². The number of thiocarbonyl (C=S) groups is 1. The molecule has 2 aromatic rings.